The summed E-state index contributed by atoms with van der Waals surface area (Å²) in [5.41, 5.74) is 6.72. The van der Waals surface area contributed by atoms with Gasteiger partial charge in [-0.25, -0.2) is 4.98 Å². The van der Waals surface area contributed by atoms with Crippen LogP contribution in [0.3, 0.4) is 0 Å². The van der Waals surface area contributed by atoms with Crippen LogP contribution in [0.2, 0.25) is 0 Å². The van der Waals surface area contributed by atoms with Crippen LogP contribution in [0.15, 0.2) is 65.9 Å². The average Bonchev–Trinajstić information content (AvgIpc) is 3.32. The minimum atomic E-state index is -1.12. The first kappa shape index (κ1) is 17.2. The molecule has 0 bridgehead atoms. The molecule has 1 atom stereocenters. The largest absolute Gasteiger partial charge is 0.472 e. The molecule has 1 unspecified atom stereocenters. The highest BCUT2D eigenvalue weighted by molar-refractivity contribution is 6.38. The average molecular weight is 352 g/mol. The standard InChI is InChI=1S/C18H16N4O4/c19-17(24)16(23)14(8-12-6-7-26-10-12)21-18(25)15-9-20-11-22(15)13-4-2-1-3-5-13/h1-7,9-11,14H,8H2,(H2,19,24)(H,21,25). The number of carbonyl (C=O) groups excluding carboxylic acids is 3. The highest BCUT2D eigenvalue weighted by Crippen LogP contribution is 2.12. The molecule has 8 heteroatoms. The molecule has 2 amide bonds. The number of aromatic nitrogens is 2. The van der Waals surface area contributed by atoms with Gasteiger partial charge in [0.15, 0.2) is 0 Å². The number of Topliss-reactive ketones (excluding diaryl/α,β-unsaturated/α-hetero) is 1. The molecule has 2 heterocycles. The van der Waals surface area contributed by atoms with Crippen LogP contribution in [-0.2, 0) is 16.0 Å². The molecule has 0 aliphatic heterocycles. The third-order valence-corrected chi connectivity index (χ3v) is 3.79. The number of rotatable bonds is 7. The zero-order chi connectivity index (χ0) is 18.5. The minimum Gasteiger partial charge on any atom is -0.472 e. The molecule has 1 aromatic carbocycles. The van der Waals surface area contributed by atoms with Crippen molar-refractivity contribution < 1.29 is 18.8 Å². The van der Waals surface area contributed by atoms with E-state index < -0.39 is 23.6 Å². The lowest BCUT2D eigenvalue weighted by Crippen LogP contribution is -2.47. The van der Waals surface area contributed by atoms with E-state index in [1.807, 2.05) is 30.3 Å². The van der Waals surface area contributed by atoms with Crippen molar-refractivity contribution in [2.75, 3.05) is 0 Å². The fraction of sp³-hybridized carbons (Fsp3) is 0.111. The third-order valence-electron chi connectivity index (χ3n) is 3.79. The number of furan rings is 1. The van der Waals surface area contributed by atoms with Gasteiger partial charge >= 0.3 is 0 Å². The Labute approximate surface area is 148 Å². The first-order valence-corrected chi connectivity index (χ1v) is 7.79. The summed E-state index contributed by atoms with van der Waals surface area (Å²) in [5.74, 6) is -2.55. The number of amides is 2. The van der Waals surface area contributed by atoms with Crippen LogP contribution < -0.4 is 11.1 Å². The molecule has 0 aliphatic carbocycles. The second-order valence-corrected chi connectivity index (χ2v) is 5.57. The summed E-state index contributed by atoms with van der Waals surface area (Å²) >= 11 is 0. The van der Waals surface area contributed by atoms with Gasteiger partial charge in [-0.3, -0.25) is 19.0 Å². The topological polar surface area (TPSA) is 120 Å². The molecule has 2 aromatic heterocycles. The molecular formula is C18H16N4O4. The van der Waals surface area contributed by atoms with Crippen molar-refractivity contribution in [3.63, 3.8) is 0 Å². The van der Waals surface area contributed by atoms with Gasteiger partial charge < -0.3 is 15.5 Å². The van der Waals surface area contributed by atoms with Crippen molar-refractivity contribution in [3.05, 3.63) is 72.7 Å². The van der Waals surface area contributed by atoms with E-state index in [1.54, 1.807) is 10.6 Å². The molecule has 3 N–H and O–H groups in total. The number of ketones is 1. The van der Waals surface area contributed by atoms with Crippen LogP contribution in [0.1, 0.15) is 16.1 Å². The number of nitrogens with two attached hydrogens (primary N) is 1. The molecule has 0 fully saturated rings. The Morgan fingerprint density at radius 1 is 1.19 bits per heavy atom. The quantitative estimate of drug-likeness (QED) is 0.611. The molecule has 0 saturated carbocycles. The Kier molecular flexibility index (Phi) is 4.93. The number of nitrogens with zero attached hydrogens (tertiary/aromatic N) is 2. The van der Waals surface area contributed by atoms with Gasteiger partial charge in [-0.15, -0.1) is 0 Å². The van der Waals surface area contributed by atoms with Crippen LogP contribution in [0.4, 0.5) is 0 Å². The molecule has 26 heavy (non-hydrogen) atoms. The zero-order valence-electron chi connectivity index (χ0n) is 13.7. The molecule has 0 spiro atoms. The van der Waals surface area contributed by atoms with Crippen LogP contribution in [0.5, 0.6) is 0 Å². The fourth-order valence-corrected chi connectivity index (χ4v) is 2.52. The number of hydrogen-bond acceptors (Lipinski definition) is 5. The van der Waals surface area contributed by atoms with Gasteiger partial charge in [0.1, 0.15) is 11.7 Å². The Balaban J connectivity index is 1.83. The van der Waals surface area contributed by atoms with E-state index in [1.165, 1.54) is 25.1 Å². The van der Waals surface area contributed by atoms with Gasteiger partial charge in [0.25, 0.3) is 11.8 Å². The minimum absolute atomic E-state index is 0.0868. The Hall–Kier alpha value is -3.68. The van der Waals surface area contributed by atoms with Gasteiger partial charge in [0.2, 0.25) is 5.78 Å². The van der Waals surface area contributed by atoms with E-state index in [2.05, 4.69) is 10.3 Å². The summed E-state index contributed by atoms with van der Waals surface area (Å²) in [5, 5.41) is 2.56. The lowest BCUT2D eigenvalue weighted by molar-refractivity contribution is -0.137. The van der Waals surface area contributed by atoms with Gasteiger partial charge in [0.05, 0.1) is 25.1 Å². The normalized spacial score (nSPS) is 11.7. The molecule has 8 nitrogen and oxygen atoms in total. The monoisotopic (exact) mass is 352 g/mol. The molecule has 0 radical (unpaired) electrons. The predicted octanol–water partition coefficient (Wildman–Crippen LogP) is 0.861. The first-order valence-electron chi connectivity index (χ1n) is 7.79. The van der Waals surface area contributed by atoms with Crippen molar-refractivity contribution in [3.8, 4) is 5.69 Å². The van der Waals surface area contributed by atoms with Crippen molar-refractivity contribution in [1.82, 2.24) is 14.9 Å². The van der Waals surface area contributed by atoms with Crippen LogP contribution in [0, 0.1) is 0 Å². The van der Waals surface area contributed by atoms with E-state index in [-0.39, 0.29) is 12.1 Å². The fourth-order valence-electron chi connectivity index (χ4n) is 2.52. The molecule has 0 saturated heterocycles. The van der Waals surface area contributed by atoms with E-state index in [9.17, 15) is 14.4 Å². The maximum Gasteiger partial charge on any atom is 0.287 e. The Morgan fingerprint density at radius 3 is 2.62 bits per heavy atom. The summed E-state index contributed by atoms with van der Waals surface area (Å²) in [6, 6.07) is 9.68. The number of primary amides is 1. The molecule has 0 aliphatic rings. The summed E-state index contributed by atoms with van der Waals surface area (Å²) in [7, 11) is 0. The summed E-state index contributed by atoms with van der Waals surface area (Å²) < 4.78 is 6.54. The van der Waals surface area contributed by atoms with Gasteiger partial charge in [-0.1, -0.05) is 18.2 Å². The summed E-state index contributed by atoms with van der Waals surface area (Å²) in [6.07, 6.45) is 5.83. The van der Waals surface area contributed by atoms with Gasteiger partial charge in [0, 0.05) is 12.1 Å². The van der Waals surface area contributed by atoms with Crippen molar-refractivity contribution in [1.29, 1.82) is 0 Å². The molecule has 132 valence electrons. The smallest absolute Gasteiger partial charge is 0.287 e. The van der Waals surface area contributed by atoms with E-state index >= 15 is 0 Å². The summed E-state index contributed by atoms with van der Waals surface area (Å²) in [4.78, 5) is 40.1. The maximum absolute atomic E-state index is 12.7. The van der Waals surface area contributed by atoms with Crippen LogP contribution >= 0.6 is 0 Å². The molecule has 3 rings (SSSR count). The summed E-state index contributed by atoms with van der Waals surface area (Å²) in [6.45, 7) is 0. The predicted molar refractivity (Wildman–Crippen MR) is 91.4 cm³/mol. The highest BCUT2D eigenvalue weighted by atomic mass is 16.3. The second kappa shape index (κ2) is 7.47. The maximum atomic E-state index is 12.7. The van der Waals surface area contributed by atoms with Crippen molar-refractivity contribution >= 4 is 17.6 Å². The number of benzene rings is 1. The van der Waals surface area contributed by atoms with Crippen LogP contribution in [-0.4, -0.2) is 33.2 Å². The van der Waals surface area contributed by atoms with Crippen molar-refractivity contribution in [2.24, 2.45) is 5.73 Å². The van der Waals surface area contributed by atoms with E-state index in [0.29, 0.717) is 5.56 Å². The SMILES string of the molecule is NC(=O)C(=O)C(Cc1ccoc1)NC(=O)c1cncn1-c1ccccc1. The first-order chi connectivity index (χ1) is 12.6. The van der Waals surface area contributed by atoms with Crippen molar-refractivity contribution in [2.45, 2.75) is 12.5 Å². The number of hydrogen-bond donors (Lipinski definition) is 2. The van der Waals surface area contributed by atoms with Gasteiger partial charge in [-0.2, -0.15) is 0 Å². The lowest BCUT2D eigenvalue weighted by atomic mass is 10.0. The Bertz CT molecular complexity index is 916. The lowest BCUT2D eigenvalue weighted by Gasteiger charge is -2.16. The van der Waals surface area contributed by atoms with Gasteiger partial charge in [-0.05, 0) is 23.8 Å². The Morgan fingerprint density at radius 2 is 1.96 bits per heavy atom. The van der Waals surface area contributed by atoms with Crippen LogP contribution in [0.25, 0.3) is 5.69 Å². The van der Waals surface area contributed by atoms with E-state index in [0.717, 1.165) is 5.69 Å². The zero-order valence-corrected chi connectivity index (χ0v) is 13.7. The number of imidazole rings is 1. The number of carbonyl (C=O) groups is 3. The highest BCUT2D eigenvalue weighted by Gasteiger charge is 2.27. The number of nitrogens with one attached hydrogen (secondary N) is 1. The number of para-hydroxylation sites is 1. The molecule has 3 aromatic rings. The third kappa shape index (κ3) is 3.69. The second-order valence-electron chi connectivity index (χ2n) is 5.57. The molecular weight excluding hydrogens is 336 g/mol. The van der Waals surface area contributed by atoms with E-state index in [4.69, 9.17) is 10.2 Å².